The minimum absolute atomic E-state index is 0.0598. The molecule has 0 saturated carbocycles. The van der Waals surface area contributed by atoms with Crippen LogP contribution in [0.15, 0.2) is 36.4 Å². The van der Waals surface area contributed by atoms with Gasteiger partial charge in [0, 0.05) is 12.2 Å². The third kappa shape index (κ3) is 1.91. The zero-order chi connectivity index (χ0) is 14.3. The average Bonchev–Trinajstić information content (AvgIpc) is 2.80. The molecule has 3 N–H and O–H groups in total. The van der Waals surface area contributed by atoms with Gasteiger partial charge in [-0.3, -0.25) is 5.41 Å². The van der Waals surface area contributed by atoms with Gasteiger partial charge < -0.3 is 10.6 Å². The van der Waals surface area contributed by atoms with Crippen molar-refractivity contribution in [2.45, 2.75) is 6.42 Å². The van der Waals surface area contributed by atoms with Crippen molar-refractivity contribution in [1.29, 1.82) is 5.41 Å². The minimum atomic E-state index is -0.542. The van der Waals surface area contributed by atoms with E-state index in [1.165, 1.54) is 18.2 Å². The summed E-state index contributed by atoms with van der Waals surface area (Å²) in [7, 11) is 0. The van der Waals surface area contributed by atoms with Crippen molar-refractivity contribution in [3.05, 3.63) is 59.2 Å². The highest BCUT2D eigenvalue weighted by Crippen LogP contribution is 2.37. The van der Waals surface area contributed by atoms with Crippen molar-refractivity contribution in [2.24, 2.45) is 5.73 Å². The van der Waals surface area contributed by atoms with E-state index in [2.05, 4.69) is 0 Å². The van der Waals surface area contributed by atoms with Gasteiger partial charge in [0.25, 0.3) is 0 Å². The molecule has 1 aliphatic heterocycles. The van der Waals surface area contributed by atoms with Crippen LogP contribution >= 0.6 is 0 Å². The molecule has 0 atom stereocenters. The van der Waals surface area contributed by atoms with Crippen molar-refractivity contribution < 1.29 is 8.78 Å². The Balaban J connectivity index is 2.16. The number of fused-ring (bicyclic) bond motifs is 1. The predicted octanol–water partition coefficient (Wildman–Crippen LogP) is 2.94. The molecule has 0 saturated heterocycles. The molecule has 1 aliphatic rings. The number of halogens is 2. The maximum Gasteiger partial charge on any atom is 0.136 e. The third-order valence-corrected chi connectivity index (χ3v) is 3.49. The fourth-order valence-corrected chi connectivity index (χ4v) is 2.61. The SMILES string of the molecule is N=C(N)c1c(F)cccc1N1CCc2ccc(F)cc21. The van der Waals surface area contributed by atoms with Crippen LogP contribution in [0.5, 0.6) is 0 Å². The van der Waals surface area contributed by atoms with Crippen LogP contribution < -0.4 is 10.6 Å². The molecule has 0 spiro atoms. The van der Waals surface area contributed by atoms with Crippen molar-refractivity contribution in [3.63, 3.8) is 0 Å². The molecular formula is C15H13F2N3. The number of nitrogens with one attached hydrogen (secondary N) is 1. The number of nitrogens with zero attached hydrogens (tertiary/aromatic N) is 1. The molecule has 2 aromatic carbocycles. The molecule has 20 heavy (non-hydrogen) atoms. The van der Waals surface area contributed by atoms with Crippen molar-refractivity contribution >= 4 is 17.2 Å². The van der Waals surface area contributed by atoms with Gasteiger partial charge in [-0.25, -0.2) is 8.78 Å². The van der Waals surface area contributed by atoms with Crippen LogP contribution in [0, 0.1) is 17.0 Å². The van der Waals surface area contributed by atoms with Crippen LogP contribution in [0.1, 0.15) is 11.1 Å². The quantitative estimate of drug-likeness (QED) is 0.653. The van der Waals surface area contributed by atoms with E-state index >= 15 is 0 Å². The summed E-state index contributed by atoms with van der Waals surface area (Å²) in [6.07, 6.45) is 0.753. The van der Waals surface area contributed by atoms with Crippen LogP contribution in [-0.2, 0) is 6.42 Å². The van der Waals surface area contributed by atoms with Gasteiger partial charge in [0.05, 0.1) is 11.3 Å². The van der Waals surface area contributed by atoms with Gasteiger partial charge in [-0.1, -0.05) is 12.1 Å². The van der Waals surface area contributed by atoms with E-state index in [1.807, 2.05) is 0 Å². The Hall–Kier alpha value is -2.43. The number of hydrogen-bond acceptors (Lipinski definition) is 2. The Kier molecular flexibility index (Phi) is 2.89. The summed E-state index contributed by atoms with van der Waals surface area (Å²) >= 11 is 0. The summed E-state index contributed by atoms with van der Waals surface area (Å²) in [5.41, 5.74) is 7.75. The molecule has 1 heterocycles. The number of hydrogen-bond donors (Lipinski definition) is 2. The molecule has 0 aromatic heterocycles. The highest BCUT2D eigenvalue weighted by atomic mass is 19.1. The van der Waals surface area contributed by atoms with Crippen LogP contribution in [-0.4, -0.2) is 12.4 Å². The Labute approximate surface area is 115 Å². The summed E-state index contributed by atoms with van der Waals surface area (Å²) in [6, 6.07) is 9.10. The van der Waals surface area contributed by atoms with E-state index in [4.69, 9.17) is 11.1 Å². The maximum absolute atomic E-state index is 13.9. The molecule has 102 valence electrons. The van der Waals surface area contributed by atoms with Crippen LogP contribution in [0.3, 0.4) is 0 Å². The lowest BCUT2D eigenvalue weighted by Crippen LogP contribution is -2.21. The van der Waals surface area contributed by atoms with Crippen molar-refractivity contribution in [1.82, 2.24) is 0 Å². The normalized spacial score (nSPS) is 13.4. The van der Waals surface area contributed by atoms with Crippen molar-refractivity contribution in [3.8, 4) is 0 Å². The highest BCUT2D eigenvalue weighted by molar-refractivity contribution is 6.01. The van der Waals surface area contributed by atoms with E-state index in [9.17, 15) is 8.78 Å². The largest absolute Gasteiger partial charge is 0.384 e. The lowest BCUT2D eigenvalue weighted by atomic mass is 10.1. The molecule has 0 radical (unpaired) electrons. The van der Waals surface area contributed by atoms with E-state index in [1.54, 1.807) is 23.1 Å². The fourth-order valence-electron chi connectivity index (χ4n) is 2.61. The smallest absolute Gasteiger partial charge is 0.136 e. The lowest BCUT2D eigenvalue weighted by molar-refractivity contribution is 0.624. The van der Waals surface area contributed by atoms with E-state index in [0.29, 0.717) is 17.9 Å². The second-order valence-electron chi connectivity index (χ2n) is 4.72. The first-order chi connectivity index (χ1) is 9.58. The molecule has 0 bridgehead atoms. The number of anilines is 2. The van der Waals surface area contributed by atoms with Gasteiger partial charge in [0.2, 0.25) is 0 Å². The summed E-state index contributed by atoms with van der Waals surface area (Å²) in [4.78, 5) is 1.80. The second-order valence-corrected chi connectivity index (χ2v) is 4.72. The molecule has 0 aliphatic carbocycles. The zero-order valence-electron chi connectivity index (χ0n) is 10.7. The van der Waals surface area contributed by atoms with E-state index < -0.39 is 5.82 Å². The standard InChI is InChI=1S/C15H13F2N3/c16-10-5-4-9-6-7-20(13(9)8-10)12-3-1-2-11(17)14(12)15(18)19/h1-5,8H,6-7H2,(H3,18,19). The summed E-state index contributed by atoms with van der Waals surface area (Å²) in [6.45, 7) is 0.614. The molecule has 5 heteroatoms. The monoisotopic (exact) mass is 273 g/mol. The van der Waals surface area contributed by atoms with Gasteiger partial charge in [0.15, 0.2) is 0 Å². The maximum atomic E-state index is 13.9. The Morgan fingerprint density at radius 2 is 1.95 bits per heavy atom. The number of nitrogens with two attached hydrogens (primary N) is 1. The first-order valence-electron chi connectivity index (χ1n) is 6.27. The number of benzene rings is 2. The van der Waals surface area contributed by atoms with E-state index in [0.717, 1.165) is 12.0 Å². The number of amidine groups is 1. The molecule has 3 nitrogen and oxygen atoms in total. The predicted molar refractivity (Wildman–Crippen MR) is 74.5 cm³/mol. The van der Waals surface area contributed by atoms with Gasteiger partial charge in [-0.2, -0.15) is 0 Å². The third-order valence-electron chi connectivity index (χ3n) is 3.49. The second kappa shape index (κ2) is 4.59. The van der Waals surface area contributed by atoms with Crippen molar-refractivity contribution in [2.75, 3.05) is 11.4 Å². The molecule has 0 amide bonds. The zero-order valence-corrected chi connectivity index (χ0v) is 10.7. The summed E-state index contributed by atoms with van der Waals surface area (Å²) < 4.78 is 27.3. The van der Waals surface area contributed by atoms with Crippen LogP contribution in [0.4, 0.5) is 20.2 Å². The van der Waals surface area contributed by atoms with E-state index in [-0.39, 0.29) is 17.2 Å². The van der Waals surface area contributed by atoms with Gasteiger partial charge in [0.1, 0.15) is 17.5 Å². The van der Waals surface area contributed by atoms with Crippen LogP contribution in [0.25, 0.3) is 0 Å². The van der Waals surface area contributed by atoms with Gasteiger partial charge >= 0.3 is 0 Å². The lowest BCUT2D eigenvalue weighted by Gasteiger charge is -2.22. The number of nitrogen functional groups attached to an aromatic ring is 1. The molecular weight excluding hydrogens is 260 g/mol. The first-order valence-corrected chi connectivity index (χ1v) is 6.27. The number of rotatable bonds is 2. The van der Waals surface area contributed by atoms with Gasteiger partial charge in [-0.05, 0) is 36.2 Å². The fraction of sp³-hybridized carbons (Fsp3) is 0.133. The summed E-state index contributed by atoms with van der Waals surface area (Å²) in [5.74, 6) is -1.21. The molecule has 3 rings (SSSR count). The van der Waals surface area contributed by atoms with Crippen LogP contribution in [0.2, 0.25) is 0 Å². The Morgan fingerprint density at radius 1 is 1.15 bits per heavy atom. The average molecular weight is 273 g/mol. The highest BCUT2D eigenvalue weighted by Gasteiger charge is 2.25. The van der Waals surface area contributed by atoms with Gasteiger partial charge in [-0.15, -0.1) is 0 Å². The molecule has 2 aromatic rings. The first kappa shape index (κ1) is 12.6. The minimum Gasteiger partial charge on any atom is -0.384 e. The summed E-state index contributed by atoms with van der Waals surface area (Å²) in [5, 5.41) is 7.54. The topological polar surface area (TPSA) is 53.1 Å². The Morgan fingerprint density at radius 3 is 2.70 bits per heavy atom. The molecule has 0 unspecified atom stereocenters. The molecule has 0 fully saturated rings. The Bertz CT molecular complexity index is 698.